The normalized spacial score (nSPS) is 14.9. The average molecular weight is 394 g/mol. The Morgan fingerprint density at radius 1 is 1.03 bits per heavy atom. The van der Waals surface area contributed by atoms with Gasteiger partial charge < -0.3 is 15.2 Å². The molecule has 1 aliphatic heterocycles. The van der Waals surface area contributed by atoms with Crippen LogP contribution >= 0.6 is 0 Å². The molecule has 1 aliphatic rings. The molecule has 2 N–H and O–H groups in total. The van der Waals surface area contributed by atoms with Crippen molar-refractivity contribution in [3.05, 3.63) is 65.6 Å². The zero-order valence-electron chi connectivity index (χ0n) is 16.2. The number of anilines is 1. The monoisotopic (exact) mass is 394 g/mol. The third-order valence-corrected chi connectivity index (χ3v) is 5.26. The number of aromatic amines is 1. The topological polar surface area (TPSA) is 68.4 Å². The zero-order valence-corrected chi connectivity index (χ0v) is 16.2. The van der Waals surface area contributed by atoms with Crippen LogP contribution in [0.3, 0.4) is 0 Å². The lowest BCUT2D eigenvalue weighted by atomic mass is 10.1. The fourth-order valence-corrected chi connectivity index (χ4v) is 3.76. The number of rotatable bonds is 4. The maximum Gasteiger partial charge on any atom is 0.256 e. The molecule has 150 valence electrons. The first kappa shape index (κ1) is 19.1. The van der Waals surface area contributed by atoms with Gasteiger partial charge in [0, 0.05) is 48.5 Å². The number of hydrogen-bond donors (Lipinski definition) is 2. The summed E-state index contributed by atoms with van der Waals surface area (Å²) in [5.74, 6) is -0.464. The Kier molecular flexibility index (Phi) is 5.31. The van der Waals surface area contributed by atoms with Crippen LogP contribution in [0.5, 0.6) is 0 Å². The summed E-state index contributed by atoms with van der Waals surface area (Å²) >= 11 is 0. The van der Waals surface area contributed by atoms with Crippen LogP contribution in [0.2, 0.25) is 0 Å². The maximum atomic E-state index is 13.1. The van der Waals surface area contributed by atoms with Gasteiger partial charge in [-0.2, -0.15) is 0 Å². The number of carbonyl (C=O) groups excluding carboxylic acids is 2. The lowest BCUT2D eigenvalue weighted by Gasteiger charge is -2.34. The van der Waals surface area contributed by atoms with Gasteiger partial charge in [-0.1, -0.05) is 18.2 Å². The van der Waals surface area contributed by atoms with Gasteiger partial charge in [-0.15, -0.1) is 0 Å². The summed E-state index contributed by atoms with van der Waals surface area (Å²) in [4.78, 5) is 32.4. The molecule has 2 heterocycles. The molecular formula is C22H23FN4O2. The van der Waals surface area contributed by atoms with Crippen molar-refractivity contribution in [2.45, 2.75) is 6.92 Å². The largest absolute Gasteiger partial charge is 0.358 e. The van der Waals surface area contributed by atoms with Gasteiger partial charge in [0.2, 0.25) is 5.91 Å². The van der Waals surface area contributed by atoms with Crippen molar-refractivity contribution in [2.24, 2.45) is 0 Å². The third-order valence-electron chi connectivity index (χ3n) is 5.26. The van der Waals surface area contributed by atoms with E-state index in [1.807, 2.05) is 41.0 Å². The number of carbonyl (C=O) groups is 2. The number of piperazine rings is 1. The van der Waals surface area contributed by atoms with Crippen LogP contribution in [0.15, 0.2) is 48.5 Å². The van der Waals surface area contributed by atoms with Crippen molar-refractivity contribution < 1.29 is 14.0 Å². The standard InChI is InChI=1S/C22H23FN4O2/c1-15-21(18-4-2-3-5-19(18)24-15)22(29)27-12-10-26(11-13-27)14-20(28)25-17-8-6-16(23)7-9-17/h2-9,24H,10-14H2,1H3,(H,25,28). The molecule has 0 unspecified atom stereocenters. The van der Waals surface area contributed by atoms with Crippen molar-refractivity contribution >= 4 is 28.4 Å². The van der Waals surface area contributed by atoms with Crippen LogP contribution in [0.1, 0.15) is 16.1 Å². The molecule has 4 rings (SSSR count). The molecule has 0 saturated carbocycles. The van der Waals surface area contributed by atoms with Crippen LogP contribution in [-0.4, -0.2) is 59.3 Å². The van der Waals surface area contributed by atoms with Gasteiger partial charge in [-0.3, -0.25) is 14.5 Å². The summed E-state index contributed by atoms with van der Waals surface area (Å²) < 4.78 is 13.0. The number of benzene rings is 2. The first-order chi connectivity index (χ1) is 14.0. The fraction of sp³-hybridized carbons (Fsp3) is 0.273. The third kappa shape index (κ3) is 4.14. The number of nitrogens with one attached hydrogen (secondary N) is 2. The molecule has 0 atom stereocenters. The lowest BCUT2D eigenvalue weighted by molar-refractivity contribution is -0.117. The quantitative estimate of drug-likeness (QED) is 0.715. The highest BCUT2D eigenvalue weighted by atomic mass is 19.1. The van der Waals surface area contributed by atoms with E-state index in [0.29, 0.717) is 31.9 Å². The Hall–Kier alpha value is -3.19. The lowest BCUT2D eigenvalue weighted by Crippen LogP contribution is -2.50. The molecule has 0 bridgehead atoms. The number of amides is 2. The number of fused-ring (bicyclic) bond motifs is 1. The molecule has 7 heteroatoms. The molecule has 2 aromatic carbocycles. The van der Waals surface area contributed by atoms with E-state index in [1.54, 1.807) is 0 Å². The van der Waals surface area contributed by atoms with E-state index in [9.17, 15) is 14.0 Å². The number of para-hydroxylation sites is 1. The molecule has 0 spiro atoms. The second-order valence-electron chi connectivity index (χ2n) is 7.29. The van der Waals surface area contributed by atoms with Crippen LogP contribution in [0.25, 0.3) is 10.9 Å². The Morgan fingerprint density at radius 3 is 2.45 bits per heavy atom. The second-order valence-corrected chi connectivity index (χ2v) is 7.29. The summed E-state index contributed by atoms with van der Waals surface area (Å²) in [6.07, 6.45) is 0. The molecule has 1 aromatic heterocycles. The van der Waals surface area contributed by atoms with Crippen LogP contribution < -0.4 is 5.32 Å². The van der Waals surface area contributed by atoms with Crippen LogP contribution in [-0.2, 0) is 4.79 Å². The van der Waals surface area contributed by atoms with Gasteiger partial charge in [0.05, 0.1) is 12.1 Å². The average Bonchev–Trinajstić information content (AvgIpc) is 3.05. The van der Waals surface area contributed by atoms with E-state index in [-0.39, 0.29) is 24.2 Å². The van der Waals surface area contributed by atoms with Crippen molar-refractivity contribution in [2.75, 3.05) is 38.0 Å². The van der Waals surface area contributed by atoms with Crippen LogP contribution in [0, 0.1) is 12.7 Å². The molecule has 0 aliphatic carbocycles. The number of H-pyrrole nitrogens is 1. The van der Waals surface area contributed by atoms with Crippen molar-refractivity contribution in [3.63, 3.8) is 0 Å². The van der Waals surface area contributed by atoms with Gasteiger partial charge >= 0.3 is 0 Å². The van der Waals surface area contributed by atoms with E-state index >= 15 is 0 Å². The summed E-state index contributed by atoms with van der Waals surface area (Å²) in [6, 6.07) is 13.5. The predicted molar refractivity (Wildman–Crippen MR) is 110 cm³/mol. The van der Waals surface area contributed by atoms with Gasteiger partial charge in [0.15, 0.2) is 0 Å². The molecule has 29 heavy (non-hydrogen) atoms. The Labute approximate surface area is 168 Å². The minimum atomic E-state index is -0.339. The Balaban J connectivity index is 1.34. The van der Waals surface area contributed by atoms with Crippen molar-refractivity contribution in [1.82, 2.24) is 14.8 Å². The number of halogens is 1. The van der Waals surface area contributed by atoms with Crippen molar-refractivity contribution in [3.8, 4) is 0 Å². The fourth-order valence-electron chi connectivity index (χ4n) is 3.76. The summed E-state index contributed by atoms with van der Waals surface area (Å²) in [5.41, 5.74) is 3.13. The molecule has 1 saturated heterocycles. The SMILES string of the molecule is Cc1[nH]c2ccccc2c1C(=O)N1CCN(CC(=O)Nc2ccc(F)cc2)CC1. The van der Waals surface area contributed by atoms with E-state index in [0.717, 1.165) is 22.2 Å². The molecule has 6 nitrogen and oxygen atoms in total. The number of hydrogen-bond acceptors (Lipinski definition) is 3. The first-order valence-corrected chi connectivity index (χ1v) is 9.65. The number of nitrogens with zero attached hydrogens (tertiary/aromatic N) is 2. The molecule has 1 fully saturated rings. The Bertz CT molecular complexity index is 1040. The molecule has 0 radical (unpaired) electrons. The Morgan fingerprint density at radius 2 is 1.72 bits per heavy atom. The number of aryl methyl sites for hydroxylation is 1. The summed E-state index contributed by atoms with van der Waals surface area (Å²) in [7, 11) is 0. The highest BCUT2D eigenvalue weighted by Gasteiger charge is 2.26. The van der Waals surface area contributed by atoms with Gasteiger partial charge in [-0.05, 0) is 37.3 Å². The van der Waals surface area contributed by atoms with E-state index < -0.39 is 0 Å². The van der Waals surface area contributed by atoms with E-state index in [4.69, 9.17) is 0 Å². The summed E-state index contributed by atoms with van der Waals surface area (Å²) in [5, 5.41) is 3.71. The van der Waals surface area contributed by atoms with Gasteiger partial charge in [0.1, 0.15) is 5.82 Å². The van der Waals surface area contributed by atoms with Crippen LogP contribution in [0.4, 0.5) is 10.1 Å². The molecule has 3 aromatic rings. The number of aromatic nitrogens is 1. The smallest absolute Gasteiger partial charge is 0.256 e. The van der Waals surface area contributed by atoms with E-state index in [2.05, 4.69) is 10.3 Å². The zero-order chi connectivity index (χ0) is 20.4. The highest BCUT2D eigenvalue weighted by Crippen LogP contribution is 2.23. The molecular weight excluding hydrogens is 371 g/mol. The first-order valence-electron chi connectivity index (χ1n) is 9.65. The van der Waals surface area contributed by atoms with Gasteiger partial charge in [-0.25, -0.2) is 4.39 Å². The minimum Gasteiger partial charge on any atom is -0.358 e. The highest BCUT2D eigenvalue weighted by molar-refractivity contribution is 6.08. The predicted octanol–water partition coefficient (Wildman–Crippen LogP) is 3.01. The van der Waals surface area contributed by atoms with Gasteiger partial charge in [0.25, 0.3) is 5.91 Å². The van der Waals surface area contributed by atoms with Crippen molar-refractivity contribution in [1.29, 1.82) is 0 Å². The summed E-state index contributed by atoms with van der Waals surface area (Å²) in [6.45, 7) is 4.56. The molecule has 2 amide bonds. The van der Waals surface area contributed by atoms with E-state index in [1.165, 1.54) is 24.3 Å². The second kappa shape index (κ2) is 8.05. The minimum absolute atomic E-state index is 0.0235. The maximum absolute atomic E-state index is 13.1.